The van der Waals surface area contributed by atoms with Crippen LogP contribution in [0.25, 0.3) is 0 Å². The number of fused-ring (bicyclic) bond motifs is 1. The van der Waals surface area contributed by atoms with Crippen molar-refractivity contribution in [3.63, 3.8) is 0 Å². The van der Waals surface area contributed by atoms with Crippen molar-refractivity contribution in [3.05, 3.63) is 29.8 Å². The Kier molecular flexibility index (Phi) is 5.98. The number of sulfonamides is 1. The Morgan fingerprint density at radius 2 is 1.82 bits per heavy atom. The molecule has 0 spiro atoms. The van der Waals surface area contributed by atoms with Crippen LogP contribution in [0.15, 0.2) is 29.2 Å². The van der Waals surface area contributed by atoms with Gasteiger partial charge in [0.2, 0.25) is 15.9 Å². The second-order valence-corrected chi connectivity index (χ2v) is 9.64. The molecule has 9 heteroatoms. The first kappa shape index (κ1) is 19.8. The van der Waals surface area contributed by atoms with Crippen LogP contribution in [0.5, 0.6) is 0 Å². The van der Waals surface area contributed by atoms with Crippen LogP contribution in [0.4, 0.5) is 0 Å². The number of ether oxygens (including phenoxy) is 1. The Labute approximate surface area is 166 Å². The molecule has 3 atom stereocenters. The lowest BCUT2D eigenvalue weighted by Gasteiger charge is -2.26. The predicted octanol–water partition coefficient (Wildman–Crippen LogP) is 0.359. The lowest BCUT2D eigenvalue weighted by atomic mass is 9.81. The third-order valence-electron chi connectivity index (χ3n) is 5.95. The first-order valence-corrected chi connectivity index (χ1v) is 11.5. The maximum absolute atomic E-state index is 12.7. The minimum atomic E-state index is -3.49. The number of hydrogen-bond donors (Lipinski definition) is 3. The maximum atomic E-state index is 12.7. The number of hydrogen-bond acceptors (Lipinski definition) is 6. The number of rotatable bonds is 5. The molecule has 1 aromatic carbocycles. The van der Waals surface area contributed by atoms with E-state index in [1.54, 1.807) is 24.3 Å². The van der Waals surface area contributed by atoms with Gasteiger partial charge in [-0.15, -0.1) is 0 Å². The van der Waals surface area contributed by atoms with Gasteiger partial charge in [-0.1, -0.05) is 25.0 Å². The van der Waals surface area contributed by atoms with E-state index in [1.807, 2.05) is 0 Å². The monoisotopic (exact) mass is 408 g/mol. The fourth-order valence-corrected chi connectivity index (χ4v) is 5.72. The van der Waals surface area contributed by atoms with Gasteiger partial charge in [0.15, 0.2) is 0 Å². The number of nitrogens with zero attached hydrogens (tertiary/aromatic N) is 1. The van der Waals surface area contributed by atoms with E-state index in [0.29, 0.717) is 44.8 Å². The van der Waals surface area contributed by atoms with Crippen LogP contribution < -0.4 is 16.2 Å². The molecule has 3 aliphatic rings. The number of morpholine rings is 1. The molecule has 0 bridgehead atoms. The molecule has 4 rings (SSSR count). The average Bonchev–Trinajstić information content (AvgIpc) is 3.17. The smallest absolute Gasteiger partial charge is 0.243 e. The predicted molar refractivity (Wildman–Crippen MR) is 104 cm³/mol. The zero-order valence-corrected chi connectivity index (χ0v) is 16.7. The summed E-state index contributed by atoms with van der Waals surface area (Å²) in [6.07, 6.45) is 4.56. The number of hydrazine groups is 1. The van der Waals surface area contributed by atoms with Gasteiger partial charge in [0.05, 0.1) is 18.1 Å². The molecular formula is C19H28N4O4S. The number of carbonyl (C=O) groups is 1. The van der Waals surface area contributed by atoms with Crippen LogP contribution in [0.3, 0.4) is 0 Å². The zero-order valence-electron chi connectivity index (χ0n) is 15.9. The standard InChI is InChI=1S/C19H28N4O4S/c24-19(18-16-3-1-2-4-17(16)21-22-18)20-13-14-5-7-15(8-6-14)28(25,26)23-9-11-27-12-10-23/h5-8,16-18,21-22H,1-4,9-13H2,(H,20,24). The van der Waals surface area contributed by atoms with Crippen LogP contribution in [-0.2, 0) is 26.1 Å². The molecule has 8 nitrogen and oxygen atoms in total. The second kappa shape index (κ2) is 8.46. The summed E-state index contributed by atoms with van der Waals surface area (Å²) in [5, 5.41) is 2.98. The normalized spacial score (nSPS) is 28.6. The summed E-state index contributed by atoms with van der Waals surface area (Å²) in [5.74, 6) is 0.335. The van der Waals surface area contributed by atoms with E-state index in [2.05, 4.69) is 16.2 Å². The Hall–Kier alpha value is -1.52. The average molecular weight is 409 g/mol. The van der Waals surface area contributed by atoms with Crippen LogP contribution in [0.1, 0.15) is 31.2 Å². The lowest BCUT2D eigenvalue weighted by Crippen LogP contribution is -2.45. The van der Waals surface area contributed by atoms with Gasteiger partial charge in [0.1, 0.15) is 6.04 Å². The number of benzene rings is 1. The third kappa shape index (κ3) is 4.08. The van der Waals surface area contributed by atoms with Crippen LogP contribution in [0, 0.1) is 5.92 Å². The highest BCUT2D eigenvalue weighted by Gasteiger charge is 2.40. The van der Waals surface area contributed by atoms with Crippen LogP contribution in [-0.4, -0.2) is 57.0 Å². The van der Waals surface area contributed by atoms with Gasteiger partial charge < -0.3 is 10.1 Å². The molecule has 1 saturated carbocycles. The van der Waals surface area contributed by atoms with Gasteiger partial charge >= 0.3 is 0 Å². The maximum Gasteiger partial charge on any atom is 0.243 e. The Morgan fingerprint density at radius 1 is 1.11 bits per heavy atom. The molecule has 2 heterocycles. The summed E-state index contributed by atoms with van der Waals surface area (Å²) < 4.78 is 32.0. The first-order chi connectivity index (χ1) is 13.6. The Balaban J connectivity index is 1.34. The highest BCUT2D eigenvalue weighted by atomic mass is 32.2. The fourth-order valence-electron chi connectivity index (χ4n) is 4.32. The van der Waals surface area contributed by atoms with Crippen molar-refractivity contribution in [2.24, 2.45) is 5.92 Å². The summed E-state index contributed by atoms with van der Waals surface area (Å²) in [7, 11) is -3.49. The van der Waals surface area contributed by atoms with Crippen molar-refractivity contribution < 1.29 is 17.9 Å². The molecule has 154 valence electrons. The van der Waals surface area contributed by atoms with E-state index in [4.69, 9.17) is 4.74 Å². The number of amides is 1. The van der Waals surface area contributed by atoms with E-state index in [-0.39, 0.29) is 16.8 Å². The summed E-state index contributed by atoms with van der Waals surface area (Å²) in [6.45, 7) is 1.99. The van der Waals surface area contributed by atoms with Crippen molar-refractivity contribution in [2.75, 3.05) is 26.3 Å². The molecule has 2 saturated heterocycles. The quantitative estimate of drug-likeness (QED) is 0.651. The summed E-state index contributed by atoms with van der Waals surface area (Å²) in [5.41, 5.74) is 7.27. The second-order valence-electron chi connectivity index (χ2n) is 7.70. The third-order valence-corrected chi connectivity index (χ3v) is 7.87. The molecule has 28 heavy (non-hydrogen) atoms. The number of carbonyl (C=O) groups excluding carboxylic acids is 1. The van der Waals surface area contributed by atoms with E-state index < -0.39 is 10.0 Å². The summed E-state index contributed by atoms with van der Waals surface area (Å²) in [6, 6.07) is 6.92. The van der Waals surface area contributed by atoms with Gasteiger partial charge in [0, 0.05) is 31.6 Å². The molecule has 0 radical (unpaired) electrons. The molecule has 1 amide bonds. The molecular weight excluding hydrogens is 380 g/mol. The molecule has 0 aromatic heterocycles. The van der Waals surface area contributed by atoms with Crippen molar-refractivity contribution in [2.45, 2.75) is 49.2 Å². The lowest BCUT2D eigenvalue weighted by molar-refractivity contribution is -0.124. The summed E-state index contributed by atoms with van der Waals surface area (Å²) >= 11 is 0. The van der Waals surface area contributed by atoms with Crippen LogP contribution >= 0.6 is 0 Å². The van der Waals surface area contributed by atoms with Crippen molar-refractivity contribution >= 4 is 15.9 Å². The Morgan fingerprint density at radius 3 is 2.57 bits per heavy atom. The SMILES string of the molecule is O=C(NCc1ccc(S(=O)(=O)N2CCOCC2)cc1)C1NNC2CCCCC21. The van der Waals surface area contributed by atoms with Crippen molar-refractivity contribution in [1.82, 2.24) is 20.5 Å². The van der Waals surface area contributed by atoms with Crippen molar-refractivity contribution in [3.8, 4) is 0 Å². The van der Waals surface area contributed by atoms with E-state index >= 15 is 0 Å². The first-order valence-electron chi connectivity index (χ1n) is 10.0. The molecule has 3 N–H and O–H groups in total. The molecule has 3 fully saturated rings. The zero-order chi connectivity index (χ0) is 19.6. The highest BCUT2D eigenvalue weighted by Crippen LogP contribution is 2.30. The van der Waals surface area contributed by atoms with Gasteiger partial charge in [-0.3, -0.25) is 10.2 Å². The fraction of sp³-hybridized carbons (Fsp3) is 0.632. The topological polar surface area (TPSA) is 99.8 Å². The van der Waals surface area contributed by atoms with Crippen molar-refractivity contribution in [1.29, 1.82) is 0 Å². The molecule has 2 aliphatic heterocycles. The van der Waals surface area contributed by atoms with E-state index in [9.17, 15) is 13.2 Å². The minimum Gasteiger partial charge on any atom is -0.379 e. The van der Waals surface area contributed by atoms with E-state index in [1.165, 1.54) is 17.1 Å². The molecule has 1 aromatic rings. The highest BCUT2D eigenvalue weighted by molar-refractivity contribution is 7.89. The molecule has 3 unspecified atom stereocenters. The number of nitrogens with one attached hydrogen (secondary N) is 3. The van der Waals surface area contributed by atoms with E-state index in [0.717, 1.165) is 18.4 Å². The van der Waals surface area contributed by atoms with Gasteiger partial charge in [-0.05, 0) is 30.5 Å². The summed E-state index contributed by atoms with van der Waals surface area (Å²) in [4.78, 5) is 12.9. The van der Waals surface area contributed by atoms with Crippen LogP contribution in [0.2, 0.25) is 0 Å². The molecule has 1 aliphatic carbocycles. The minimum absolute atomic E-state index is 0.00749. The van der Waals surface area contributed by atoms with Gasteiger partial charge in [-0.25, -0.2) is 13.8 Å². The van der Waals surface area contributed by atoms with Gasteiger partial charge in [-0.2, -0.15) is 4.31 Å². The van der Waals surface area contributed by atoms with Gasteiger partial charge in [0.25, 0.3) is 0 Å². The largest absolute Gasteiger partial charge is 0.379 e. The Bertz CT molecular complexity index is 793.